The number of ether oxygens (including phenoxy) is 1. The number of allylic oxidation sites excluding steroid dienone is 1. The van der Waals surface area contributed by atoms with Crippen LogP contribution in [0.2, 0.25) is 0 Å². The first-order chi connectivity index (χ1) is 18.2. The van der Waals surface area contributed by atoms with Gasteiger partial charge in [0.25, 0.3) is 5.56 Å². The Bertz CT molecular complexity index is 1710. The SMILES string of the molecule is CSc1ccc([C@@H]2C(C(=O)OC(C)C)=C(C)N=c3s/c(=C\c4ccc(-c5ccc(Br)cc5)o4)c(=O)n32)cc1. The minimum absolute atomic E-state index is 0.239. The maximum Gasteiger partial charge on any atom is 0.338 e. The Hall–Kier alpha value is -3.14. The van der Waals surface area contributed by atoms with E-state index in [1.165, 1.54) is 11.3 Å². The molecule has 9 heteroatoms. The molecule has 0 amide bonds. The van der Waals surface area contributed by atoms with Gasteiger partial charge in [-0.05, 0) is 69.0 Å². The van der Waals surface area contributed by atoms with Crippen LogP contribution in [-0.2, 0) is 9.53 Å². The molecule has 2 aromatic heterocycles. The molecule has 0 bridgehead atoms. The summed E-state index contributed by atoms with van der Waals surface area (Å²) in [4.78, 5) is 33.3. The van der Waals surface area contributed by atoms with Gasteiger partial charge in [-0.15, -0.1) is 11.8 Å². The molecule has 2 aromatic carbocycles. The first-order valence-electron chi connectivity index (χ1n) is 12.0. The third-order valence-corrected chi connectivity index (χ3v) is 8.30. The lowest BCUT2D eigenvalue weighted by Gasteiger charge is -2.25. The Morgan fingerprint density at radius 2 is 1.84 bits per heavy atom. The van der Waals surface area contributed by atoms with E-state index < -0.39 is 12.0 Å². The van der Waals surface area contributed by atoms with Crippen LogP contribution in [0.15, 0.2) is 95.5 Å². The molecule has 0 N–H and O–H groups in total. The van der Waals surface area contributed by atoms with Crippen molar-refractivity contribution >= 4 is 51.1 Å². The van der Waals surface area contributed by atoms with Crippen molar-refractivity contribution in [1.29, 1.82) is 0 Å². The predicted molar refractivity (Wildman–Crippen MR) is 155 cm³/mol. The van der Waals surface area contributed by atoms with E-state index in [0.717, 1.165) is 20.5 Å². The van der Waals surface area contributed by atoms with E-state index in [1.54, 1.807) is 43.2 Å². The van der Waals surface area contributed by atoms with Gasteiger partial charge in [-0.3, -0.25) is 9.36 Å². The van der Waals surface area contributed by atoms with Gasteiger partial charge in [0.1, 0.15) is 11.5 Å². The van der Waals surface area contributed by atoms with Gasteiger partial charge in [-0.25, -0.2) is 9.79 Å². The lowest BCUT2D eigenvalue weighted by Crippen LogP contribution is -2.40. The number of halogens is 1. The molecule has 0 fully saturated rings. The molecular formula is C29H25BrN2O4S2. The van der Waals surface area contributed by atoms with Crippen molar-refractivity contribution in [3.8, 4) is 11.3 Å². The molecule has 0 unspecified atom stereocenters. The minimum atomic E-state index is -0.648. The number of thioether (sulfide) groups is 1. The van der Waals surface area contributed by atoms with Gasteiger partial charge in [-0.1, -0.05) is 51.5 Å². The zero-order valence-corrected chi connectivity index (χ0v) is 24.4. The minimum Gasteiger partial charge on any atom is -0.459 e. The lowest BCUT2D eigenvalue weighted by molar-refractivity contribution is -0.143. The fraction of sp³-hybridized carbons (Fsp3) is 0.207. The molecule has 38 heavy (non-hydrogen) atoms. The Morgan fingerprint density at radius 1 is 1.13 bits per heavy atom. The van der Waals surface area contributed by atoms with E-state index in [4.69, 9.17) is 9.15 Å². The average molecular weight is 610 g/mol. The van der Waals surface area contributed by atoms with E-state index in [0.29, 0.717) is 32.1 Å². The van der Waals surface area contributed by atoms with E-state index in [1.807, 2.05) is 66.9 Å². The van der Waals surface area contributed by atoms with Crippen molar-refractivity contribution in [2.75, 3.05) is 6.26 Å². The summed E-state index contributed by atoms with van der Waals surface area (Å²) in [5.41, 5.74) is 2.42. The molecule has 194 valence electrons. The van der Waals surface area contributed by atoms with E-state index in [-0.39, 0.29) is 11.7 Å². The van der Waals surface area contributed by atoms with Crippen molar-refractivity contribution in [2.24, 2.45) is 4.99 Å². The van der Waals surface area contributed by atoms with Gasteiger partial charge >= 0.3 is 5.97 Å². The molecular weight excluding hydrogens is 584 g/mol. The number of benzene rings is 2. The van der Waals surface area contributed by atoms with Crippen LogP contribution in [0, 0.1) is 0 Å². The maximum atomic E-state index is 13.8. The van der Waals surface area contributed by atoms with Crippen molar-refractivity contribution < 1.29 is 13.9 Å². The van der Waals surface area contributed by atoms with Gasteiger partial charge in [-0.2, -0.15) is 0 Å². The number of thiazole rings is 1. The lowest BCUT2D eigenvalue weighted by atomic mass is 9.96. The van der Waals surface area contributed by atoms with Gasteiger partial charge in [0.15, 0.2) is 4.80 Å². The highest BCUT2D eigenvalue weighted by Crippen LogP contribution is 2.32. The van der Waals surface area contributed by atoms with E-state index in [2.05, 4.69) is 20.9 Å². The standard InChI is InChI=1S/C29H25BrN2O4S2/c1-16(2)35-28(34)25-17(3)31-29-32(26(25)19-7-12-22(37-4)13-8-19)27(33)24(38-29)15-21-11-14-23(36-21)18-5-9-20(30)10-6-18/h5-16,26H,1-4H3/b24-15-/t26-/m1/s1. The van der Waals surface area contributed by atoms with Crippen molar-refractivity contribution in [2.45, 2.75) is 37.8 Å². The first kappa shape index (κ1) is 26.5. The van der Waals surface area contributed by atoms with Crippen molar-refractivity contribution in [3.05, 3.63) is 107 Å². The smallest absolute Gasteiger partial charge is 0.338 e. The Balaban J connectivity index is 1.62. The summed E-state index contributed by atoms with van der Waals surface area (Å²) < 4.78 is 14.6. The van der Waals surface area contributed by atoms with Gasteiger partial charge < -0.3 is 9.15 Å². The topological polar surface area (TPSA) is 73.8 Å². The largest absolute Gasteiger partial charge is 0.459 e. The number of rotatable bonds is 6. The molecule has 0 aliphatic carbocycles. The maximum absolute atomic E-state index is 13.8. The summed E-state index contributed by atoms with van der Waals surface area (Å²) in [7, 11) is 0. The third-order valence-electron chi connectivity index (χ3n) is 6.04. The third kappa shape index (κ3) is 5.23. The molecule has 1 aliphatic rings. The predicted octanol–water partition coefficient (Wildman–Crippen LogP) is 5.93. The molecule has 1 atom stereocenters. The molecule has 5 rings (SSSR count). The zero-order valence-electron chi connectivity index (χ0n) is 21.2. The molecule has 0 saturated heterocycles. The van der Waals surface area contributed by atoms with E-state index >= 15 is 0 Å². The number of esters is 1. The first-order valence-corrected chi connectivity index (χ1v) is 14.8. The number of carbonyl (C=O) groups excluding carboxylic acids is 1. The van der Waals surface area contributed by atoms with Crippen LogP contribution in [0.4, 0.5) is 0 Å². The van der Waals surface area contributed by atoms with Crippen molar-refractivity contribution in [3.63, 3.8) is 0 Å². The van der Waals surface area contributed by atoms with Crippen LogP contribution >= 0.6 is 39.0 Å². The summed E-state index contributed by atoms with van der Waals surface area (Å²) in [5, 5.41) is 0. The van der Waals surface area contributed by atoms with Crippen molar-refractivity contribution in [1.82, 2.24) is 4.57 Å². The summed E-state index contributed by atoms with van der Waals surface area (Å²) in [6, 6.07) is 18.8. The average Bonchev–Trinajstić information content (AvgIpc) is 3.47. The second-order valence-electron chi connectivity index (χ2n) is 9.02. The Morgan fingerprint density at radius 3 is 2.50 bits per heavy atom. The van der Waals surface area contributed by atoms with Crippen LogP contribution < -0.4 is 14.9 Å². The highest BCUT2D eigenvalue weighted by molar-refractivity contribution is 9.10. The molecule has 0 radical (unpaired) electrons. The van der Waals surface area contributed by atoms with Crippen LogP contribution in [0.25, 0.3) is 17.4 Å². The number of hydrogen-bond acceptors (Lipinski definition) is 7. The van der Waals surface area contributed by atoms with Crippen LogP contribution in [0.3, 0.4) is 0 Å². The second-order valence-corrected chi connectivity index (χ2v) is 11.8. The number of fused-ring (bicyclic) bond motifs is 1. The van der Waals surface area contributed by atoms with Gasteiger partial charge in [0.2, 0.25) is 0 Å². The summed E-state index contributed by atoms with van der Waals surface area (Å²) in [6.07, 6.45) is 3.43. The monoisotopic (exact) mass is 608 g/mol. The number of hydrogen-bond donors (Lipinski definition) is 0. The van der Waals surface area contributed by atoms with Gasteiger partial charge in [0, 0.05) is 21.0 Å². The van der Waals surface area contributed by atoms with Gasteiger partial charge in [0.05, 0.1) is 27.9 Å². The van der Waals surface area contributed by atoms with Crippen LogP contribution in [0.1, 0.15) is 38.1 Å². The fourth-order valence-corrected chi connectivity index (χ4v) is 5.99. The molecule has 0 saturated carbocycles. The zero-order chi connectivity index (χ0) is 27.0. The molecule has 1 aliphatic heterocycles. The number of furan rings is 1. The molecule has 6 nitrogen and oxygen atoms in total. The molecule has 4 aromatic rings. The second kappa shape index (κ2) is 10.9. The molecule has 3 heterocycles. The quantitative estimate of drug-likeness (QED) is 0.200. The summed E-state index contributed by atoms with van der Waals surface area (Å²) >= 11 is 6.35. The fourth-order valence-electron chi connectivity index (χ4n) is 4.29. The Labute approximate surface area is 236 Å². The number of carbonyl (C=O) groups is 1. The molecule has 0 spiro atoms. The number of nitrogens with zero attached hydrogens (tertiary/aromatic N) is 2. The summed E-state index contributed by atoms with van der Waals surface area (Å²) in [5.74, 6) is 0.793. The number of aromatic nitrogens is 1. The highest BCUT2D eigenvalue weighted by atomic mass is 79.9. The van der Waals surface area contributed by atoms with E-state index in [9.17, 15) is 9.59 Å². The summed E-state index contributed by atoms with van der Waals surface area (Å²) in [6.45, 7) is 5.39. The Kier molecular flexibility index (Phi) is 7.61. The normalized spacial score (nSPS) is 15.5. The van der Waals surface area contributed by atoms with Crippen LogP contribution in [-0.4, -0.2) is 22.9 Å². The van der Waals surface area contributed by atoms with Crippen LogP contribution in [0.5, 0.6) is 0 Å². The highest BCUT2D eigenvalue weighted by Gasteiger charge is 2.33.